The molecule has 0 bridgehead atoms. The second kappa shape index (κ2) is 7.69. The van der Waals surface area contributed by atoms with Gasteiger partial charge in [-0.05, 0) is 28.1 Å². The highest BCUT2D eigenvalue weighted by Gasteiger charge is 2.12. The number of para-hydroxylation sites is 1. The summed E-state index contributed by atoms with van der Waals surface area (Å²) < 4.78 is 1.99. The highest BCUT2D eigenvalue weighted by Crippen LogP contribution is 2.21. The van der Waals surface area contributed by atoms with Gasteiger partial charge in [-0.1, -0.05) is 42.5 Å². The first kappa shape index (κ1) is 18.0. The molecule has 0 radical (unpaired) electrons. The van der Waals surface area contributed by atoms with Crippen LogP contribution in [0, 0.1) is 0 Å². The molecule has 0 aliphatic heterocycles. The molecular formula is C20H14BrN5O2. The number of benzene rings is 2. The Labute approximate surface area is 168 Å². The van der Waals surface area contributed by atoms with Crippen molar-refractivity contribution in [3.8, 4) is 11.4 Å². The topological polar surface area (TPSA) is 89.8 Å². The van der Waals surface area contributed by atoms with Crippen LogP contribution in [0.25, 0.3) is 22.4 Å². The molecule has 28 heavy (non-hydrogen) atoms. The van der Waals surface area contributed by atoms with Crippen LogP contribution in [0.2, 0.25) is 0 Å². The molecule has 0 spiro atoms. The van der Waals surface area contributed by atoms with Gasteiger partial charge in [-0.3, -0.25) is 14.2 Å². The van der Waals surface area contributed by atoms with Crippen molar-refractivity contribution in [1.82, 2.24) is 19.5 Å². The van der Waals surface area contributed by atoms with E-state index in [9.17, 15) is 9.59 Å². The Balaban J connectivity index is 1.60. The zero-order valence-electron chi connectivity index (χ0n) is 14.5. The van der Waals surface area contributed by atoms with Crippen LogP contribution in [0.15, 0.2) is 76.4 Å². The molecule has 0 atom stereocenters. The second-order valence-corrected chi connectivity index (χ2v) is 6.86. The van der Waals surface area contributed by atoms with Gasteiger partial charge in [-0.25, -0.2) is 15.0 Å². The van der Waals surface area contributed by atoms with E-state index in [0.717, 1.165) is 10.0 Å². The summed E-state index contributed by atoms with van der Waals surface area (Å²) in [6, 6.07) is 16.7. The second-order valence-electron chi connectivity index (χ2n) is 6.00. The Morgan fingerprint density at radius 3 is 2.57 bits per heavy atom. The number of anilines is 1. The minimum absolute atomic E-state index is 0.163. The third kappa shape index (κ3) is 3.67. The molecule has 0 aliphatic rings. The summed E-state index contributed by atoms with van der Waals surface area (Å²) >= 11 is 3.37. The molecule has 0 saturated heterocycles. The Morgan fingerprint density at radius 2 is 1.79 bits per heavy atom. The lowest BCUT2D eigenvalue weighted by Crippen LogP contribution is -2.28. The van der Waals surface area contributed by atoms with Gasteiger partial charge in [-0.2, -0.15) is 0 Å². The highest BCUT2D eigenvalue weighted by molar-refractivity contribution is 9.10. The molecule has 7 nitrogen and oxygen atoms in total. The van der Waals surface area contributed by atoms with E-state index in [1.165, 1.54) is 17.1 Å². The maximum atomic E-state index is 12.7. The van der Waals surface area contributed by atoms with E-state index < -0.39 is 0 Å². The largest absolute Gasteiger partial charge is 0.324 e. The van der Waals surface area contributed by atoms with E-state index in [1.807, 2.05) is 48.5 Å². The fourth-order valence-corrected chi connectivity index (χ4v) is 3.08. The van der Waals surface area contributed by atoms with Crippen molar-refractivity contribution in [2.45, 2.75) is 6.54 Å². The predicted octanol–water partition coefficient (Wildman–Crippen LogP) is 3.25. The normalized spacial score (nSPS) is 10.8. The number of hydrogen-bond donors (Lipinski definition) is 1. The third-order valence-electron chi connectivity index (χ3n) is 4.07. The lowest BCUT2D eigenvalue weighted by atomic mass is 10.2. The monoisotopic (exact) mass is 435 g/mol. The van der Waals surface area contributed by atoms with Gasteiger partial charge in [0.05, 0.1) is 5.69 Å². The molecular weight excluding hydrogens is 422 g/mol. The predicted molar refractivity (Wildman–Crippen MR) is 110 cm³/mol. The fraction of sp³-hybridized carbons (Fsp3) is 0.0500. The molecule has 4 rings (SSSR count). The molecule has 1 N–H and O–H groups in total. The number of nitrogens with zero attached hydrogens (tertiary/aromatic N) is 4. The summed E-state index contributed by atoms with van der Waals surface area (Å²) in [7, 11) is 0. The van der Waals surface area contributed by atoms with Crippen LogP contribution < -0.4 is 10.9 Å². The number of fused-ring (bicyclic) bond motifs is 1. The van der Waals surface area contributed by atoms with Crippen molar-refractivity contribution in [3.63, 3.8) is 0 Å². The lowest BCUT2D eigenvalue weighted by molar-refractivity contribution is -0.116. The van der Waals surface area contributed by atoms with Gasteiger partial charge >= 0.3 is 0 Å². The molecule has 0 saturated carbocycles. The third-order valence-corrected chi connectivity index (χ3v) is 4.76. The van der Waals surface area contributed by atoms with Gasteiger partial charge in [-0.15, -0.1) is 0 Å². The first-order valence-corrected chi connectivity index (χ1v) is 9.23. The van der Waals surface area contributed by atoms with Crippen molar-refractivity contribution in [2.75, 3.05) is 5.32 Å². The lowest BCUT2D eigenvalue weighted by Gasteiger charge is -2.09. The smallest absolute Gasteiger partial charge is 0.264 e. The number of rotatable bonds is 4. The molecule has 4 aromatic rings. The fourth-order valence-electron chi connectivity index (χ4n) is 2.70. The molecule has 1 amide bonds. The van der Waals surface area contributed by atoms with E-state index in [-0.39, 0.29) is 23.4 Å². The number of aromatic nitrogens is 4. The molecule has 138 valence electrons. The number of amides is 1. The number of carbonyl (C=O) groups excluding carboxylic acids is 1. The summed E-state index contributed by atoms with van der Waals surface area (Å²) in [4.78, 5) is 37.9. The molecule has 0 fully saturated rings. The van der Waals surface area contributed by atoms with Crippen LogP contribution >= 0.6 is 15.9 Å². The molecule has 8 heteroatoms. The SMILES string of the molecule is O=C(Cn1cnc2nc(-c3ccccc3)ncc2c1=O)Nc1ccccc1Br. The van der Waals surface area contributed by atoms with E-state index in [4.69, 9.17) is 0 Å². The average Bonchev–Trinajstić information content (AvgIpc) is 2.72. The van der Waals surface area contributed by atoms with Gasteiger partial charge in [0, 0.05) is 16.2 Å². The van der Waals surface area contributed by atoms with Crippen LogP contribution in [-0.2, 0) is 11.3 Å². The van der Waals surface area contributed by atoms with E-state index in [1.54, 1.807) is 6.07 Å². The minimum atomic E-state index is -0.369. The minimum Gasteiger partial charge on any atom is -0.324 e. The van der Waals surface area contributed by atoms with Crippen LogP contribution in [0.5, 0.6) is 0 Å². The van der Waals surface area contributed by atoms with Gasteiger partial charge in [0.2, 0.25) is 5.91 Å². The van der Waals surface area contributed by atoms with Crippen LogP contribution in [0.3, 0.4) is 0 Å². The van der Waals surface area contributed by atoms with E-state index in [2.05, 4.69) is 36.2 Å². The first-order valence-electron chi connectivity index (χ1n) is 8.44. The number of carbonyl (C=O) groups is 1. The summed E-state index contributed by atoms with van der Waals surface area (Å²) in [6.45, 7) is -0.163. The molecule has 2 aromatic heterocycles. The average molecular weight is 436 g/mol. The quantitative estimate of drug-likeness (QED) is 0.531. The zero-order chi connectivity index (χ0) is 19.5. The van der Waals surface area contributed by atoms with Crippen molar-refractivity contribution in [2.24, 2.45) is 0 Å². The summed E-state index contributed by atoms with van der Waals surface area (Å²) in [5.41, 5.74) is 1.39. The highest BCUT2D eigenvalue weighted by atomic mass is 79.9. The van der Waals surface area contributed by atoms with Crippen LogP contribution in [0.1, 0.15) is 0 Å². The zero-order valence-corrected chi connectivity index (χ0v) is 16.1. The first-order chi connectivity index (χ1) is 13.6. The number of hydrogen-bond acceptors (Lipinski definition) is 5. The Hall–Kier alpha value is -3.39. The van der Waals surface area contributed by atoms with Crippen molar-refractivity contribution in [1.29, 1.82) is 0 Å². The van der Waals surface area contributed by atoms with E-state index >= 15 is 0 Å². The Morgan fingerprint density at radius 1 is 1.04 bits per heavy atom. The van der Waals surface area contributed by atoms with Gasteiger partial charge in [0.1, 0.15) is 18.3 Å². The molecule has 2 heterocycles. The molecule has 2 aromatic carbocycles. The van der Waals surface area contributed by atoms with Crippen molar-refractivity contribution < 1.29 is 4.79 Å². The Bertz CT molecular complexity index is 1220. The van der Waals surface area contributed by atoms with Gasteiger partial charge < -0.3 is 5.32 Å². The van der Waals surface area contributed by atoms with Gasteiger partial charge in [0.25, 0.3) is 5.56 Å². The molecule has 0 aliphatic carbocycles. The Kier molecular flexibility index (Phi) is 4.94. The summed E-state index contributed by atoms with van der Waals surface area (Å²) in [5, 5.41) is 3.02. The summed E-state index contributed by atoms with van der Waals surface area (Å²) in [6.07, 6.45) is 2.77. The number of nitrogens with one attached hydrogen (secondary N) is 1. The van der Waals surface area contributed by atoms with Crippen molar-refractivity contribution >= 4 is 38.6 Å². The maximum Gasteiger partial charge on any atom is 0.264 e. The van der Waals surface area contributed by atoms with Crippen LogP contribution in [-0.4, -0.2) is 25.4 Å². The summed E-state index contributed by atoms with van der Waals surface area (Å²) in [5.74, 6) is 0.154. The van der Waals surface area contributed by atoms with Gasteiger partial charge in [0.15, 0.2) is 11.5 Å². The standard InChI is InChI=1S/C20H14BrN5O2/c21-15-8-4-5-9-16(15)24-17(27)11-26-12-23-19-14(20(26)28)10-22-18(25-19)13-6-2-1-3-7-13/h1-10,12H,11H2,(H,24,27). The maximum absolute atomic E-state index is 12.7. The molecule has 0 unspecified atom stereocenters. The van der Waals surface area contributed by atoms with E-state index in [0.29, 0.717) is 17.2 Å². The van der Waals surface area contributed by atoms with Crippen LogP contribution in [0.4, 0.5) is 5.69 Å². The number of halogens is 1. The van der Waals surface area contributed by atoms with Crippen molar-refractivity contribution in [3.05, 3.63) is 81.9 Å².